The van der Waals surface area contributed by atoms with Gasteiger partial charge in [0.2, 0.25) is 0 Å². The Labute approximate surface area is 211 Å². The first-order valence-electron chi connectivity index (χ1n) is 13.6. The molecule has 1 amide bonds. The van der Waals surface area contributed by atoms with Crippen molar-refractivity contribution in [2.45, 2.75) is 38.1 Å². The summed E-state index contributed by atoms with van der Waals surface area (Å²) in [5, 5.41) is 3.22. The minimum Gasteiger partial charge on any atom is -0.378 e. The third kappa shape index (κ3) is 6.07. The van der Waals surface area contributed by atoms with Gasteiger partial charge in [0.05, 0.1) is 0 Å². The van der Waals surface area contributed by atoms with Crippen LogP contribution >= 0.6 is 0 Å². The number of piperidine rings is 4. The van der Waals surface area contributed by atoms with Gasteiger partial charge in [-0.15, -0.1) is 0 Å². The van der Waals surface area contributed by atoms with Gasteiger partial charge in [-0.05, 0) is 99.3 Å². The predicted octanol–water partition coefficient (Wildman–Crippen LogP) is 4.15. The molecule has 2 aromatic carbocycles. The van der Waals surface area contributed by atoms with Crippen molar-refractivity contribution in [3.05, 3.63) is 65.7 Å². The highest BCUT2D eigenvalue weighted by Crippen LogP contribution is 2.37. The summed E-state index contributed by atoms with van der Waals surface area (Å²) >= 11 is 0. The SMILES string of the molecule is CN(C)c1ccc(C(=O)NC[C@@H]2C[C@H]3CCN2C[C@@H]3CN2CCC(Cc3ccccc3)CC2)cc1. The summed E-state index contributed by atoms with van der Waals surface area (Å²) in [6, 6.07) is 19.4. The van der Waals surface area contributed by atoms with Crippen LogP contribution in [0.3, 0.4) is 0 Å². The molecule has 1 N–H and O–H groups in total. The number of amides is 1. The number of rotatable bonds is 8. The van der Waals surface area contributed by atoms with Crippen LogP contribution in [0.5, 0.6) is 0 Å². The molecule has 2 aromatic rings. The summed E-state index contributed by atoms with van der Waals surface area (Å²) in [6.07, 6.45) is 6.46. The van der Waals surface area contributed by atoms with E-state index in [1.165, 1.54) is 70.4 Å². The number of anilines is 1. The zero-order chi connectivity index (χ0) is 24.2. The lowest BCUT2D eigenvalue weighted by Gasteiger charge is -2.51. The van der Waals surface area contributed by atoms with E-state index >= 15 is 0 Å². The fourth-order valence-corrected chi connectivity index (χ4v) is 6.54. The second-order valence-corrected chi connectivity index (χ2v) is 11.3. The second kappa shape index (κ2) is 11.1. The van der Waals surface area contributed by atoms with E-state index in [2.05, 4.69) is 50.3 Å². The lowest BCUT2D eigenvalue weighted by Crippen LogP contribution is -2.58. The molecule has 6 rings (SSSR count). The quantitative estimate of drug-likeness (QED) is 0.624. The van der Waals surface area contributed by atoms with Crippen LogP contribution in [0.1, 0.15) is 41.6 Å². The third-order valence-electron chi connectivity index (χ3n) is 8.73. The maximum absolute atomic E-state index is 12.7. The zero-order valence-electron chi connectivity index (χ0n) is 21.5. The molecule has 5 nitrogen and oxygen atoms in total. The molecule has 0 spiro atoms. The van der Waals surface area contributed by atoms with Crippen molar-refractivity contribution in [2.75, 3.05) is 58.3 Å². The van der Waals surface area contributed by atoms with E-state index in [4.69, 9.17) is 0 Å². The first kappa shape index (κ1) is 24.3. The first-order chi connectivity index (χ1) is 17.0. The summed E-state index contributed by atoms with van der Waals surface area (Å²) in [4.78, 5) is 20.1. The highest BCUT2D eigenvalue weighted by molar-refractivity contribution is 5.94. The monoisotopic (exact) mass is 474 g/mol. The highest BCUT2D eigenvalue weighted by Gasteiger charge is 2.40. The van der Waals surface area contributed by atoms with Gasteiger partial charge in [-0.1, -0.05) is 30.3 Å². The number of hydrogen-bond acceptors (Lipinski definition) is 4. The zero-order valence-corrected chi connectivity index (χ0v) is 21.5. The number of likely N-dealkylation sites (tertiary alicyclic amines) is 1. The van der Waals surface area contributed by atoms with Crippen LogP contribution in [0.2, 0.25) is 0 Å². The molecule has 4 heterocycles. The Balaban J connectivity index is 1.05. The van der Waals surface area contributed by atoms with Crippen molar-refractivity contribution < 1.29 is 4.79 Å². The Morgan fingerprint density at radius 3 is 2.37 bits per heavy atom. The number of carbonyl (C=O) groups excluding carboxylic acids is 1. The average molecular weight is 475 g/mol. The van der Waals surface area contributed by atoms with Crippen molar-refractivity contribution in [3.8, 4) is 0 Å². The largest absolute Gasteiger partial charge is 0.378 e. The van der Waals surface area contributed by atoms with Crippen molar-refractivity contribution >= 4 is 11.6 Å². The fraction of sp³-hybridized carbons (Fsp3) is 0.567. The van der Waals surface area contributed by atoms with Crippen molar-refractivity contribution in [1.29, 1.82) is 0 Å². The Bertz CT molecular complexity index is 952. The molecular formula is C30H42N4O. The first-order valence-corrected chi connectivity index (χ1v) is 13.6. The normalized spacial score (nSPS) is 27.0. The van der Waals surface area contributed by atoms with Gasteiger partial charge >= 0.3 is 0 Å². The van der Waals surface area contributed by atoms with Gasteiger partial charge in [0.25, 0.3) is 5.91 Å². The lowest BCUT2D eigenvalue weighted by molar-refractivity contribution is -0.0151. The van der Waals surface area contributed by atoms with E-state index in [0.717, 1.165) is 35.5 Å². The Hall–Kier alpha value is -2.37. The van der Waals surface area contributed by atoms with Gasteiger partial charge in [0.15, 0.2) is 0 Å². The van der Waals surface area contributed by atoms with Gasteiger partial charge in [-0.25, -0.2) is 0 Å². The van der Waals surface area contributed by atoms with Gasteiger partial charge in [0, 0.05) is 51.0 Å². The molecule has 4 atom stereocenters. The Morgan fingerprint density at radius 1 is 0.971 bits per heavy atom. The van der Waals surface area contributed by atoms with Crippen LogP contribution in [0.25, 0.3) is 0 Å². The molecule has 0 aliphatic carbocycles. The van der Waals surface area contributed by atoms with E-state index in [-0.39, 0.29) is 5.91 Å². The van der Waals surface area contributed by atoms with Crippen molar-refractivity contribution in [3.63, 3.8) is 0 Å². The number of fused-ring (bicyclic) bond motifs is 3. The molecule has 0 saturated carbocycles. The minimum absolute atomic E-state index is 0.0490. The summed E-state index contributed by atoms with van der Waals surface area (Å²) in [5.74, 6) is 2.49. The summed E-state index contributed by atoms with van der Waals surface area (Å²) in [7, 11) is 4.03. The van der Waals surface area contributed by atoms with Gasteiger partial charge in [0.1, 0.15) is 0 Å². The number of nitrogens with zero attached hydrogens (tertiary/aromatic N) is 3. The standard InChI is InChI=1S/C30H42N4O/c1-32(2)28-10-8-25(9-11-28)30(35)31-20-29-19-26-14-17-34(29)22-27(26)21-33-15-12-24(13-16-33)18-23-6-4-3-5-7-23/h3-11,24,26-27,29H,12-22H2,1-2H3,(H,31,35)/t26-,27+,29+/m1/s1. The van der Waals surface area contributed by atoms with E-state index in [1.54, 1.807) is 0 Å². The van der Waals surface area contributed by atoms with Crippen LogP contribution in [0.4, 0.5) is 5.69 Å². The van der Waals surface area contributed by atoms with Crippen LogP contribution in [-0.2, 0) is 6.42 Å². The van der Waals surface area contributed by atoms with Gasteiger partial charge in [-0.3, -0.25) is 9.69 Å². The number of benzene rings is 2. The van der Waals surface area contributed by atoms with Crippen molar-refractivity contribution in [1.82, 2.24) is 15.1 Å². The van der Waals surface area contributed by atoms with E-state index in [0.29, 0.717) is 6.04 Å². The second-order valence-electron chi connectivity index (χ2n) is 11.3. The fourth-order valence-electron chi connectivity index (χ4n) is 6.54. The number of hydrogen-bond donors (Lipinski definition) is 1. The van der Waals surface area contributed by atoms with Crippen molar-refractivity contribution in [2.24, 2.45) is 17.8 Å². The molecule has 2 bridgehead atoms. The molecule has 4 aliphatic heterocycles. The molecule has 0 aromatic heterocycles. The molecule has 1 unspecified atom stereocenters. The molecule has 5 heteroatoms. The smallest absolute Gasteiger partial charge is 0.251 e. The minimum atomic E-state index is 0.0490. The molecular weight excluding hydrogens is 432 g/mol. The van der Waals surface area contributed by atoms with E-state index in [1.807, 2.05) is 38.4 Å². The molecule has 4 saturated heterocycles. The Kier molecular flexibility index (Phi) is 7.74. The predicted molar refractivity (Wildman–Crippen MR) is 144 cm³/mol. The topological polar surface area (TPSA) is 38.8 Å². The van der Waals surface area contributed by atoms with Gasteiger partial charge in [-0.2, -0.15) is 0 Å². The highest BCUT2D eigenvalue weighted by atomic mass is 16.1. The maximum Gasteiger partial charge on any atom is 0.251 e. The summed E-state index contributed by atoms with van der Waals surface area (Å²) < 4.78 is 0. The number of carbonyl (C=O) groups is 1. The Morgan fingerprint density at radius 2 is 1.71 bits per heavy atom. The maximum atomic E-state index is 12.7. The van der Waals surface area contributed by atoms with Gasteiger partial charge < -0.3 is 15.1 Å². The van der Waals surface area contributed by atoms with Crippen LogP contribution in [-0.4, -0.2) is 75.1 Å². The molecule has 4 aliphatic rings. The molecule has 188 valence electrons. The summed E-state index contributed by atoms with van der Waals surface area (Å²) in [6.45, 7) is 6.93. The van der Waals surface area contributed by atoms with Crippen LogP contribution in [0.15, 0.2) is 54.6 Å². The summed E-state index contributed by atoms with van der Waals surface area (Å²) in [5.41, 5.74) is 3.36. The van der Waals surface area contributed by atoms with E-state index < -0.39 is 0 Å². The van der Waals surface area contributed by atoms with Crippen LogP contribution in [0, 0.1) is 17.8 Å². The van der Waals surface area contributed by atoms with Crippen LogP contribution < -0.4 is 10.2 Å². The average Bonchev–Trinajstić information content (AvgIpc) is 2.89. The molecule has 0 radical (unpaired) electrons. The molecule has 35 heavy (non-hydrogen) atoms. The number of nitrogens with one attached hydrogen (secondary N) is 1. The lowest BCUT2D eigenvalue weighted by atomic mass is 9.75. The van der Waals surface area contributed by atoms with E-state index in [9.17, 15) is 4.79 Å². The third-order valence-corrected chi connectivity index (χ3v) is 8.73. The molecule has 4 fully saturated rings.